The Morgan fingerprint density at radius 1 is 1.04 bits per heavy atom. The fourth-order valence-corrected chi connectivity index (χ4v) is 7.27. The van der Waals surface area contributed by atoms with E-state index in [0.29, 0.717) is 47.2 Å². The van der Waals surface area contributed by atoms with E-state index >= 15 is 0 Å². The lowest BCUT2D eigenvalue weighted by molar-refractivity contribution is -0.127. The number of anilines is 1. The van der Waals surface area contributed by atoms with Gasteiger partial charge >= 0.3 is 5.69 Å². The van der Waals surface area contributed by atoms with Crippen LogP contribution in [0.25, 0.3) is 16.7 Å². The zero-order chi connectivity index (χ0) is 34.1. The molecular formula is C37H42N8O4. The SMILES string of the molecule is CC(C)(/C=C(/C#N)C(=O)N1CCC[C@H]1Cn1c(=O)n(-c2ccc(Oc3ccccc3)cc2)c2c(N)nccc21)N1CCN(C2COC2)CC1. The molecule has 3 aliphatic heterocycles. The van der Waals surface area contributed by atoms with Gasteiger partial charge in [0, 0.05) is 51.0 Å². The molecule has 0 aliphatic carbocycles. The van der Waals surface area contributed by atoms with Crippen molar-refractivity contribution >= 4 is 22.8 Å². The van der Waals surface area contributed by atoms with E-state index in [1.54, 1.807) is 26.3 Å². The number of carbonyl (C=O) groups excluding carboxylic acids is 1. The van der Waals surface area contributed by atoms with Gasteiger partial charge < -0.3 is 20.1 Å². The summed E-state index contributed by atoms with van der Waals surface area (Å²) in [6, 6.07) is 20.9. The van der Waals surface area contributed by atoms with Gasteiger partial charge in [-0.2, -0.15) is 5.26 Å². The van der Waals surface area contributed by atoms with Crippen LogP contribution in [0.15, 0.2) is 83.3 Å². The number of nitrogens with zero attached hydrogens (tertiary/aromatic N) is 7. The lowest BCUT2D eigenvalue weighted by Gasteiger charge is -2.46. The molecule has 254 valence electrons. The molecule has 0 bridgehead atoms. The number of aromatic nitrogens is 3. The molecule has 49 heavy (non-hydrogen) atoms. The molecule has 12 heteroatoms. The molecule has 3 fully saturated rings. The summed E-state index contributed by atoms with van der Waals surface area (Å²) in [6.07, 6.45) is 4.91. The maximum atomic E-state index is 14.2. The molecule has 4 aromatic rings. The lowest BCUT2D eigenvalue weighted by Crippen LogP contribution is -2.59. The fraction of sp³-hybridized carbons (Fsp3) is 0.405. The molecule has 3 saturated heterocycles. The van der Waals surface area contributed by atoms with Gasteiger partial charge in [0.1, 0.15) is 34.5 Å². The topological polar surface area (TPSA) is 135 Å². The van der Waals surface area contributed by atoms with Gasteiger partial charge in [-0.1, -0.05) is 18.2 Å². The van der Waals surface area contributed by atoms with Gasteiger partial charge in [0.2, 0.25) is 0 Å². The first-order valence-corrected chi connectivity index (χ1v) is 16.9. The fourth-order valence-electron chi connectivity index (χ4n) is 7.27. The zero-order valence-corrected chi connectivity index (χ0v) is 28.0. The normalized spacial score (nSPS) is 19.6. The number of para-hydroxylation sites is 1. The summed E-state index contributed by atoms with van der Waals surface area (Å²) in [6.45, 7) is 10.1. The zero-order valence-electron chi connectivity index (χ0n) is 28.0. The van der Waals surface area contributed by atoms with Crippen LogP contribution in [0, 0.1) is 11.3 Å². The van der Waals surface area contributed by atoms with E-state index in [1.807, 2.05) is 60.7 Å². The Hall–Kier alpha value is -4.96. The Morgan fingerprint density at radius 2 is 1.76 bits per heavy atom. The number of ether oxygens (including phenoxy) is 2. The number of hydrogen-bond donors (Lipinski definition) is 1. The number of nitriles is 1. The molecule has 0 saturated carbocycles. The van der Waals surface area contributed by atoms with Gasteiger partial charge in [-0.25, -0.2) is 9.78 Å². The molecule has 3 aliphatic rings. The van der Waals surface area contributed by atoms with Gasteiger partial charge in [0.05, 0.1) is 36.5 Å². The summed E-state index contributed by atoms with van der Waals surface area (Å²) < 4.78 is 14.6. The average Bonchev–Trinajstić information content (AvgIpc) is 3.66. The van der Waals surface area contributed by atoms with Crippen molar-refractivity contribution in [3.63, 3.8) is 0 Å². The first kappa shape index (κ1) is 32.6. The lowest BCUT2D eigenvalue weighted by atomic mass is 9.97. The number of hydrogen-bond acceptors (Lipinski definition) is 9. The van der Waals surface area contributed by atoms with E-state index in [2.05, 4.69) is 34.7 Å². The number of fused-ring (bicyclic) bond motifs is 1. The minimum atomic E-state index is -0.477. The predicted octanol–water partition coefficient (Wildman–Crippen LogP) is 3.80. The Labute approximate surface area is 285 Å². The van der Waals surface area contributed by atoms with Crippen LogP contribution in [0.3, 0.4) is 0 Å². The molecule has 1 amide bonds. The minimum absolute atomic E-state index is 0.132. The van der Waals surface area contributed by atoms with Crippen molar-refractivity contribution < 1.29 is 14.3 Å². The number of benzene rings is 2. The summed E-state index contributed by atoms with van der Waals surface area (Å²) in [4.78, 5) is 39.0. The number of likely N-dealkylation sites (tertiary alicyclic amines) is 1. The van der Waals surface area contributed by atoms with Crippen molar-refractivity contribution in [2.45, 2.75) is 50.9 Å². The number of nitrogen functional groups attached to an aromatic ring is 1. The van der Waals surface area contributed by atoms with Crippen molar-refractivity contribution in [1.29, 1.82) is 5.26 Å². The van der Waals surface area contributed by atoms with Crippen LogP contribution >= 0.6 is 0 Å². The molecule has 0 spiro atoms. The third-order valence-electron chi connectivity index (χ3n) is 10.1. The summed E-state index contributed by atoms with van der Waals surface area (Å²) in [7, 11) is 0. The molecule has 12 nitrogen and oxygen atoms in total. The monoisotopic (exact) mass is 662 g/mol. The van der Waals surface area contributed by atoms with Crippen molar-refractivity contribution in [2.75, 3.05) is 51.7 Å². The highest BCUT2D eigenvalue weighted by molar-refractivity contribution is 5.98. The Kier molecular flexibility index (Phi) is 8.98. The highest BCUT2D eigenvalue weighted by atomic mass is 16.5. The number of rotatable bonds is 9. The summed E-state index contributed by atoms with van der Waals surface area (Å²) in [5.41, 5.74) is 7.50. The van der Waals surface area contributed by atoms with E-state index in [0.717, 1.165) is 45.8 Å². The molecule has 2 N–H and O–H groups in total. The molecule has 2 aromatic heterocycles. The Morgan fingerprint density at radius 3 is 2.43 bits per heavy atom. The van der Waals surface area contributed by atoms with Crippen LogP contribution < -0.4 is 16.2 Å². The van der Waals surface area contributed by atoms with Crippen molar-refractivity contribution in [1.82, 2.24) is 28.8 Å². The van der Waals surface area contributed by atoms with Crippen LogP contribution in [0.4, 0.5) is 5.82 Å². The number of amides is 1. The predicted molar refractivity (Wildman–Crippen MR) is 187 cm³/mol. The van der Waals surface area contributed by atoms with Crippen LogP contribution in [-0.4, -0.2) is 98.3 Å². The third kappa shape index (κ3) is 6.45. The van der Waals surface area contributed by atoms with E-state index < -0.39 is 5.54 Å². The first-order chi connectivity index (χ1) is 23.7. The Balaban J connectivity index is 1.12. The number of carbonyl (C=O) groups is 1. The second kappa shape index (κ2) is 13.5. The van der Waals surface area contributed by atoms with Gasteiger partial charge in [0.15, 0.2) is 0 Å². The third-order valence-corrected chi connectivity index (χ3v) is 10.1. The average molecular weight is 663 g/mol. The summed E-state index contributed by atoms with van der Waals surface area (Å²) in [5.74, 6) is 1.28. The molecule has 0 unspecified atom stereocenters. The van der Waals surface area contributed by atoms with Gasteiger partial charge in [-0.3, -0.25) is 23.7 Å². The van der Waals surface area contributed by atoms with Crippen molar-refractivity contribution in [2.24, 2.45) is 0 Å². The quantitative estimate of drug-likeness (QED) is 0.210. The maximum absolute atomic E-state index is 14.2. The molecular weight excluding hydrogens is 620 g/mol. The highest BCUT2D eigenvalue weighted by Gasteiger charge is 2.36. The van der Waals surface area contributed by atoms with Gasteiger partial charge in [-0.05, 0) is 75.2 Å². The van der Waals surface area contributed by atoms with E-state index in [-0.39, 0.29) is 35.6 Å². The first-order valence-electron chi connectivity index (χ1n) is 16.9. The van der Waals surface area contributed by atoms with Crippen LogP contribution in [-0.2, 0) is 16.1 Å². The number of nitrogens with two attached hydrogens (primary N) is 1. The molecule has 2 aromatic carbocycles. The van der Waals surface area contributed by atoms with Gasteiger partial charge in [0.25, 0.3) is 5.91 Å². The van der Waals surface area contributed by atoms with Crippen molar-refractivity contribution in [3.05, 3.63) is 89.0 Å². The van der Waals surface area contributed by atoms with E-state index in [1.165, 1.54) is 0 Å². The van der Waals surface area contributed by atoms with Crippen LogP contribution in [0.2, 0.25) is 0 Å². The molecule has 1 atom stereocenters. The summed E-state index contributed by atoms with van der Waals surface area (Å²) in [5, 5.41) is 10.2. The summed E-state index contributed by atoms with van der Waals surface area (Å²) >= 11 is 0. The molecule has 5 heterocycles. The number of pyridine rings is 1. The Bertz CT molecular complexity index is 1950. The second-order valence-electron chi connectivity index (χ2n) is 13.5. The number of piperazine rings is 1. The molecule has 0 radical (unpaired) electrons. The standard InChI is InChI=1S/C37H42N8O4/c1-37(2,42-19-17-41(18-20-42)29-24-48-25-29)21-26(22-38)35(46)43-16-6-7-28(43)23-44-32-14-15-40-34(39)33(32)45(36(44)47)27-10-12-31(13-11-27)49-30-8-4-3-5-9-30/h3-5,8-15,21,28-29H,6-7,16-20,23-25H2,1-2H3,(H2,39,40)/b26-21-/t28-/m0/s1. The van der Waals surface area contributed by atoms with Gasteiger partial charge in [-0.15, -0.1) is 0 Å². The van der Waals surface area contributed by atoms with E-state index in [9.17, 15) is 14.9 Å². The maximum Gasteiger partial charge on any atom is 0.333 e. The largest absolute Gasteiger partial charge is 0.457 e. The highest BCUT2D eigenvalue weighted by Crippen LogP contribution is 2.29. The van der Waals surface area contributed by atoms with Crippen LogP contribution in [0.5, 0.6) is 11.5 Å². The minimum Gasteiger partial charge on any atom is -0.457 e. The molecule has 7 rings (SSSR count). The smallest absolute Gasteiger partial charge is 0.333 e. The second-order valence-corrected chi connectivity index (χ2v) is 13.5. The van der Waals surface area contributed by atoms with Crippen LogP contribution in [0.1, 0.15) is 26.7 Å². The van der Waals surface area contributed by atoms with Crippen molar-refractivity contribution in [3.8, 4) is 23.3 Å². The van der Waals surface area contributed by atoms with E-state index in [4.69, 9.17) is 15.2 Å². The number of imidazole rings is 1.